The smallest absolute Gasteiger partial charge is 0.361 e. The van der Waals surface area contributed by atoms with Gasteiger partial charge in [0.15, 0.2) is 12.3 Å². The highest BCUT2D eigenvalue weighted by molar-refractivity contribution is 5.90. The van der Waals surface area contributed by atoms with Crippen LogP contribution >= 0.6 is 0 Å². The predicted molar refractivity (Wildman–Crippen MR) is 96.0 cm³/mol. The average molecular weight is 367 g/mol. The summed E-state index contributed by atoms with van der Waals surface area (Å²) in [5.74, 6) is -1.21. The maximum atomic E-state index is 12.3. The predicted octanol–water partition coefficient (Wildman–Crippen LogP) is 2.08. The van der Waals surface area contributed by atoms with E-state index in [9.17, 15) is 14.9 Å². The number of benzene rings is 1. The minimum atomic E-state index is -0.853. The number of aromatic nitrogens is 3. The van der Waals surface area contributed by atoms with Crippen molar-refractivity contribution in [3.05, 3.63) is 41.7 Å². The van der Waals surface area contributed by atoms with E-state index in [1.165, 1.54) is 4.80 Å². The van der Waals surface area contributed by atoms with Crippen LogP contribution in [0.2, 0.25) is 0 Å². The first kappa shape index (κ1) is 18.6. The first-order valence-electron chi connectivity index (χ1n) is 8.92. The molecule has 0 saturated heterocycles. The molecule has 1 saturated carbocycles. The average Bonchev–Trinajstić information content (AvgIpc) is 3.09. The number of nitriles is 1. The minimum absolute atomic E-state index is 0.0549. The maximum Gasteiger partial charge on any atom is 0.361 e. The molecule has 0 spiro atoms. The van der Waals surface area contributed by atoms with Crippen LogP contribution in [-0.4, -0.2) is 39.0 Å². The van der Waals surface area contributed by atoms with Crippen molar-refractivity contribution < 1.29 is 14.3 Å². The van der Waals surface area contributed by atoms with Crippen LogP contribution in [0.1, 0.15) is 48.3 Å². The van der Waals surface area contributed by atoms with Gasteiger partial charge in [0.1, 0.15) is 5.54 Å². The van der Waals surface area contributed by atoms with Crippen molar-refractivity contribution in [2.45, 2.75) is 44.6 Å². The molecule has 1 aliphatic carbocycles. The van der Waals surface area contributed by atoms with Gasteiger partial charge in [-0.2, -0.15) is 15.2 Å². The minimum Gasteiger partial charge on any atom is -0.451 e. The van der Waals surface area contributed by atoms with Gasteiger partial charge in [0.25, 0.3) is 5.91 Å². The molecule has 1 fully saturated rings. The van der Waals surface area contributed by atoms with E-state index in [2.05, 4.69) is 21.6 Å². The fourth-order valence-corrected chi connectivity index (χ4v) is 3.17. The third kappa shape index (κ3) is 4.31. The number of esters is 1. The number of hydrogen-bond acceptors (Lipinski definition) is 6. The number of hydrogen-bond donors (Lipinski definition) is 1. The van der Waals surface area contributed by atoms with E-state index in [0.717, 1.165) is 19.3 Å². The Hall–Kier alpha value is -3.21. The summed E-state index contributed by atoms with van der Waals surface area (Å²) in [6.45, 7) is 1.19. The van der Waals surface area contributed by atoms with Crippen molar-refractivity contribution in [1.82, 2.24) is 20.3 Å². The summed E-state index contributed by atoms with van der Waals surface area (Å²) in [6, 6.07) is 11.4. The molecule has 140 valence electrons. The molecule has 1 N–H and O–H groups in total. The van der Waals surface area contributed by atoms with Gasteiger partial charge in [-0.1, -0.05) is 37.5 Å². The molecular formula is C19H21N5O3. The molecule has 3 rings (SSSR count). The first-order valence-corrected chi connectivity index (χ1v) is 8.92. The summed E-state index contributed by atoms with van der Waals surface area (Å²) in [7, 11) is 0. The van der Waals surface area contributed by atoms with E-state index in [-0.39, 0.29) is 5.69 Å². The Bertz CT molecular complexity index is 863. The highest BCUT2D eigenvalue weighted by atomic mass is 16.5. The summed E-state index contributed by atoms with van der Waals surface area (Å²) in [5, 5.41) is 20.5. The van der Waals surface area contributed by atoms with Gasteiger partial charge in [-0.05, 0) is 31.9 Å². The highest BCUT2D eigenvalue weighted by Crippen LogP contribution is 2.27. The maximum absolute atomic E-state index is 12.3. The normalized spacial score (nSPS) is 15.6. The van der Waals surface area contributed by atoms with Crippen molar-refractivity contribution in [3.63, 3.8) is 0 Å². The number of amides is 1. The van der Waals surface area contributed by atoms with Crippen molar-refractivity contribution in [2.75, 3.05) is 6.61 Å². The number of aryl methyl sites for hydroxylation is 1. The molecule has 8 nitrogen and oxygen atoms in total. The summed E-state index contributed by atoms with van der Waals surface area (Å²) in [6.07, 6.45) is 4.09. The molecule has 1 aromatic carbocycles. The number of nitrogens with one attached hydrogen (secondary N) is 1. The molecule has 2 aromatic rings. The zero-order valence-corrected chi connectivity index (χ0v) is 15.1. The van der Waals surface area contributed by atoms with Gasteiger partial charge >= 0.3 is 5.97 Å². The second kappa shape index (κ2) is 7.99. The third-order valence-electron chi connectivity index (χ3n) is 4.60. The van der Waals surface area contributed by atoms with Gasteiger partial charge in [0.2, 0.25) is 0 Å². The van der Waals surface area contributed by atoms with Crippen LogP contribution < -0.4 is 5.32 Å². The lowest BCUT2D eigenvalue weighted by molar-refractivity contribution is -0.125. The molecule has 0 unspecified atom stereocenters. The summed E-state index contributed by atoms with van der Waals surface area (Å²) in [5.41, 5.74) is 0.323. The van der Waals surface area contributed by atoms with Crippen molar-refractivity contribution in [3.8, 4) is 11.8 Å². The topological polar surface area (TPSA) is 110 Å². The second-order valence-electron chi connectivity index (χ2n) is 6.64. The quantitative estimate of drug-likeness (QED) is 0.810. The molecule has 0 atom stereocenters. The van der Waals surface area contributed by atoms with Gasteiger partial charge in [0.05, 0.1) is 17.5 Å². The zero-order valence-electron chi connectivity index (χ0n) is 15.1. The molecular weight excluding hydrogens is 346 g/mol. The largest absolute Gasteiger partial charge is 0.451 e. The number of carbonyl (C=O) groups excluding carboxylic acids is 2. The number of para-hydroxylation sites is 1. The number of ether oxygens (including phenoxy) is 1. The van der Waals surface area contributed by atoms with Crippen LogP contribution in [0.4, 0.5) is 0 Å². The van der Waals surface area contributed by atoms with Gasteiger partial charge in [-0.25, -0.2) is 4.79 Å². The SMILES string of the molecule is Cc1nn(-c2ccccc2)nc1C(=O)OCC(=O)NC1(C#N)CCCCC1. The van der Waals surface area contributed by atoms with Crippen LogP contribution in [0.5, 0.6) is 0 Å². The van der Waals surface area contributed by atoms with E-state index in [0.29, 0.717) is 24.2 Å². The Morgan fingerprint density at radius 1 is 1.22 bits per heavy atom. The Morgan fingerprint density at radius 2 is 1.93 bits per heavy atom. The third-order valence-corrected chi connectivity index (χ3v) is 4.60. The lowest BCUT2D eigenvalue weighted by Gasteiger charge is -2.31. The van der Waals surface area contributed by atoms with Crippen LogP contribution in [0.3, 0.4) is 0 Å². The Kier molecular flexibility index (Phi) is 5.50. The van der Waals surface area contributed by atoms with E-state index in [1.54, 1.807) is 6.92 Å². The molecule has 1 aliphatic rings. The molecule has 0 bridgehead atoms. The van der Waals surface area contributed by atoms with Crippen LogP contribution in [0, 0.1) is 18.3 Å². The van der Waals surface area contributed by atoms with Crippen molar-refractivity contribution in [1.29, 1.82) is 5.26 Å². The van der Waals surface area contributed by atoms with Gasteiger partial charge in [-0.15, -0.1) is 5.10 Å². The van der Waals surface area contributed by atoms with E-state index < -0.39 is 24.0 Å². The molecule has 0 radical (unpaired) electrons. The van der Waals surface area contributed by atoms with Crippen LogP contribution in [0.25, 0.3) is 5.69 Å². The standard InChI is InChI=1S/C19H21N5O3/c1-14-17(23-24(22-14)15-8-4-2-5-9-15)18(26)27-12-16(25)21-19(13-20)10-6-3-7-11-19/h2,4-5,8-9H,3,6-7,10-12H2,1H3,(H,21,25). The molecule has 1 heterocycles. The highest BCUT2D eigenvalue weighted by Gasteiger charge is 2.33. The molecule has 1 amide bonds. The molecule has 1 aromatic heterocycles. The monoisotopic (exact) mass is 367 g/mol. The van der Waals surface area contributed by atoms with Gasteiger partial charge < -0.3 is 10.1 Å². The fraction of sp³-hybridized carbons (Fsp3) is 0.421. The van der Waals surface area contributed by atoms with E-state index in [4.69, 9.17) is 4.74 Å². The fourth-order valence-electron chi connectivity index (χ4n) is 3.17. The second-order valence-corrected chi connectivity index (χ2v) is 6.64. The Morgan fingerprint density at radius 3 is 2.59 bits per heavy atom. The van der Waals surface area contributed by atoms with Crippen LogP contribution in [0.15, 0.2) is 30.3 Å². The van der Waals surface area contributed by atoms with E-state index in [1.807, 2.05) is 30.3 Å². The lowest BCUT2D eigenvalue weighted by Crippen LogP contribution is -2.50. The van der Waals surface area contributed by atoms with Gasteiger partial charge in [0, 0.05) is 0 Å². The Balaban J connectivity index is 1.60. The Labute approximate surface area is 157 Å². The molecule has 0 aliphatic heterocycles. The van der Waals surface area contributed by atoms with Crippen molar-refractivity contribution in [2.24, 2.45) is 0 Å². The molecule has 27 heavy (non-hydrogen) atoms. The van der Waals surface area contributed by atoms with Gasteiger partial charge in [-0.3, -0.25) is 4.79 Å². The summed E-state index contributed by atoms with van der Waals surface area (Å²) >= 11 is 0. The number of rotatable bonds is 5. The number of nitrogens with zero attached hydrogens (tertiary/aromatic N) is 4. The zero-order chi connectivity index (χ0) is 19.3. The molecule has 8 heteroatoms. The van der Waals surface area contributed by atoms with Crippen molar-refractivity contribution >= 4 is 11.9 Å². The van der Waals surface area contributed by atoms with Crippen LogP contribution in [-0.2, 0) is 9.53 Å². The first-order chi connectivity index (χ1) is 13.0. The number of carbonyl (C=O) groups is 2. The summed E-state index contributed by atoms with van der Waals surface area (Å²) in [4.78, 5) is 25.8. The summed E-state index contributed by atoms with van der Waals surface area (Å²) < 4.78 is 5.07. The lowest BCUT2D eigenvalue weighted by atomic mass is 9.83. The van der Waals surface area contributed by atoms with E-state index >= 15 is 0 Å².